The molecule has 1 amide bonds. The van der Waals surface area contributed by atoms with E-state index in [-0.39, 0.29) is 29.1 Å². The van der Waals surface area contributed by atoms with Gasteiger partial charge in [-0.2, -0.15) is 0 Å². The largest absolute Gasteiger partial charge is 0.478 e. The minimum Gasteiger partial charge on any atom is -0.478 e. The van der Waals surface area contributed by atoms with Gasteiger partial charge in [0.05, 0.1) is 17.2 Å². The standard InChI is InChI=1S/C14H17FN2O3/c15-8-5-6-10(14(19)20)12(7-8)17-13(18)9-3-1-2-4-11(9)16/h5-7,9,11H,1-4,16H2,(H,17,18)(H,19,20). The molecule has 1 saturated carbocycles. The summed E-state index contributed by atoms with van der Waals surface area (Å²) in [7, 11) is 0. The van der Waals surface area contributed by atoms with E-state index < -0.39 is 11.8 Å². The van der Waals surface area contributed by atoms with Gasteiger partial charge in [0.1, 0.15) is 5.82 Å². The molecule has 1 aromatic rings. The first-order valence-corrected chi connectivity index (χ1v) is 6.58. The molecule has 2 rings (SSSR count). The maximum atomic E-state index is 13.2. The lowest BCUT2D eigenvalue weighted by atomic mass is 9.84. The van der Waals surface area contributed by atoms with Gasteiger partial charge in [0.2, 0.25) is 5.91 Å². The second-order valence-corrected chi connectivity index (χ2v) is 5.04. The van der Waals surface area contributed by atoms with Crippen molar-refractivity contribution in [2.24, 2.45) is 11.7 Å². The first-order valence-electron chi connectivity index (χ1n) is 6.58. The number of benzene rings is 1. The molecule has 0 aromatic heterocycles. The van der Waals surface area contributed by atoms with Gasteiger partial charge in [-0.1, -0.05) is 12.8 Å². The van der Waals surface area contributed by atoms with Crippen molar-refractivity contribution in [1.29, 1.82) is 0 Å². The maximum absolute atomic E-state index is 13.2. The molecule has 2 atom stereocenters. The molecule has 0 spiro atoms. The predicted octanol–water partition coefficient (Wildman–Crippen LogP) is 1.98. The molecule has 108 valence electrons. The zero-order chi connectivity index (χ0) is 14.7. The first kappa shape index (κ1) is 14.5. The first-order chi connectivity index (χ1) is 9.49. The summed E-state index contributed by atoms with van der Waals surface area (Å²) in [5, 5.41) is 11.5. The summed E-state index contributed by atoms with van der Waals surface area (Å²) >= 11 is 0. The van der Waals surface area contributed by atoms with Crippen LogP contribution in [0.2, 0.25) is 0 Å². The molecule has 2 unspecified atom stereocenters. The number of nitrogens with one attached hydrogen (secondary N) is 1. The van der Waals surface area contributed by atoms with Gasteiger partial charge in [-0.3, -0.25) is 4.79 Å². The summed E-state index contributed by atoms with van der Waals surface area (Å²) in [5.41, 5.74) is 5.75. The number of hydrogen-bond acceptors (Lipinski definition) is 3. The Hall–Kier alpha value is -1.95. The highest BCUT2D eigenvalue weighted by atomic mass is 19.1. The molecule has 0 aliphatic heterocycles. The fourth-order valence-electron chi connectivity index (χ4n) is 2.52. The number of carboxylic acid groups (broad SMARTS) is 1. The Labute approximate surface area is 116 Å². The van der Waals surface area contributed by atoms with Gasteiger partial charge in [0.15, 0.2) is 0 Å². The number of hydrogen-bond donors (Lipinski definition) is 3. The molecule has 0 heterocycles. The average Bonchev–Trinajstić information content (AvgIpc) is 2.38. The zero-order valence-electron chi connectivity index (χ0n) is 10.9. The Bertz CT molecular complexity index is 533. The van der Waals surface area contributed by atoms with Crippen LogP contribution < -0.4 is 11.1 Å². The summed E-state index contributed by atoms with van der Waals surface area (Å²) in [4.78, 5) is 23.2. The number of halogens is 1. The fraction of sp³-hybridized carbons (Fsp3) is 0.429. The lowest BCUT2D eigenvalue weighted by Gasteiger charge is -2.27. The lowest BCUT2D eigenvalue weighted by molar-refractivity contribution is -0.121. The Morgan fingerprint density at radius 3 is 2.65 bits per heavy atom. The molecule has 1 fully saturated rings. The monoisotopic (exact) mass is 280 g/mol. The molecule has 4 N–H and O–H groups in total. The van der Waals surface area contributed by atoms with E-state index >= 15 is 0 Å². The summed E-state index contributed by atoms with van der Waals surface area (Å²) in [6.45, 7) is 0. The molecular weight excluding hydrogens is 263 g/mol. The fourth-order valence-corrected chi connectivity index (χ4v) is 2.52. The number of anilines is 1. The molecule has 1 aliphatic carbocycles. The van der Waals surface area contributed by atoms with E-state index in [0.29, 0.717) is 6.42 Å². The van der Waals surface area contributed by atoms with Crippen LogP contribution in [0.5, 0.6) is 0 Å². The van der Waals surface area contributed by atoms with E-state index in [0.717, 1.165) is 37.5 Å². The number of aromatic carboxylic acids is 1. The highest BCUT2D eigenvalue weighted by Gasteiger charge is 2.29. The average molecular weight is 280 g/mol. The molecule has 5 nitrogen and oxygen atoms in total. The van der Waals surface area contributed by atoms with Gasteiger partial charge in [-0.25, -0.2) is 9.18 Å². The van der Waals surface area contributed by atoms with Crippen LogP contribution in [-0.4, -0.2) is 23.0 Å². The minimum atomic E-state index is -1.21. The van der Waals surface area contributed by atoms with Crippen molar-refractivity contribution in [3.8, 4) is 0 Å². The van der Waals surface area contributed by atoms with Crippen LogP contribution in [0.3, 0.4) is 0 Å². The third-order valence-electron chi connectivity index (χ3n) is 3.63. The normalized spacial score (nSPS) is 22.3. The smallest absolute Gasteiger partial charge is 0.337 e. The maximum Gasteiger partial charge on any atom is 0.337 e. The quantitative estimate of drug-likeness (QED) is 0.789. The van der Waals surface area contributed by atoms with Crippen molar-refractivity contribution in [2.45, 2.75) is 31.7 Å². The Morgan fingerprint density at radius 1 is 1.30 bits per heavy atom. The van der Waals surface area contributed by atoms with Crippen molar-refractivity contribution in [3.63, 3.8) is 0 Å². The van der Waals surface area contributed by atoms with Crippen molar-refractivity contribution in [1.82, 2.24) is 0 Å². The van der Waals surface area contributed by atoms with Gasteiger partial charge >= 0.3 is 5.97 Å². The summed E-state index contributed by atoms with van der Waals surface area (Å²) < 4.78 is 13.2. The van der Waals surface area contributed by atoms with Crippen LogP contribution >= 0.6 is 0 Å². The number of rotatable bonds is 3. The van der Waals surface area contributed by atoms with Crippen LogP contribution in [-0.2, 0) is 4.79 Å². The summed E-state index contributed by atoms with van der Waals surface area (Å²) in [6.07, 6.45) is 3.35. The third-order valence-corrected chi connectivity index (χ3v) is 3.63. The Morgan fingerprint density at radius 2 is 2.00 bits per heavy atom. The Kier molecular flexibility index (Phi) is 4.34. The number of carboxylic acids is 1. The number of amides is 1. The summed E-state index contributed by atoms with van der Waals surface area (Å²) in [5.74, 6) is -2.51. The Balaban J connectivity index is 2.18. The van der Waals surface area contributed by atoms with E-state index in [1.165, 1.54) is 0 Å². The molecular formula is C14H17FN2O3. The van der Waals surface area contributed by atoms with Crippen molar-refractivity contribution in [2.75, 3.05) is 5.32 Å². The SMILES string of the molecule is NC1CCCCC1C(=O)Nc1cc(F)ccc1C(=O)O. The molecule has 1 aromatic carbocycles. The lowest BCUT2D eigenvalue weighted by Crippen LogP contribution is -2.40. The van der Waals surface area contributed by atoms with Crippen LogP contribution in [0, 0.1) is 11.7 Å². The molecule has 0 radical (unpaired) electrons. The highest BCUT2D eigenvalue weighted by Crippen LogP contribution is 2.25. The van der Waals surface area contributed by atoms with Crippen molar-refractivity contribution in [3.05, 3.63) is 29.6 Å². The van der Waals surface area contributed by atoms with Crippen molar-refractivity contribution < 1.29 is 19.1 Å². The van der Waals surface area contributed by atoms with Crippen LogP contribution in [0.1, 0.15) is 36.0 Å². The number of carbonyl (C=O) groups excluding carboxylic acids is 1. The topological polar surface area (TPSA) is 92.4 Å². The van der Waals surface area contributed by atoms with Gasteiger partial charge in [0.25, 0.3) is 0 Å². The second kappa shape index (κ2) is 6.00. The van der Waals surface area contributed by atoms with E-state index in [4.69, 9.17) is 10.8 Å². The minimum absolute atomic E-state index is 0.0275. The van der Waals surface area contributed by atoms with E-state index in [9.17, 15) is 14.0 Å². The molecule has 0 saturated heterocycles. The zero-order valence-corrected chi connectivity index (χ0v) is 10.9. The van der Waals surface area contributed by atoms with Crippen molar-refractivity contribution >= 4 is 17.6 Å². The van der Waals surface area contributed by atoms with Gasteiger partial charge < -0.3 is 16.2 Å². The molecule has 0 bridgehead atoms. The van der Waals surface area contributed by atoms with Crippen LogP contribution in [0.25, 0.3) is 0 Å². The highest BCUT2D eigenvalue weighted by molar-refractivity contribution is 6.01. The second-order valence-electron chi connectivity index (χ2n) is 5.04. The van der Waals surface area contributed by atoms with Crippen LogP contribution in [0.4, 0.5) is 10.1 Å². The van der Waals surface area contributed by atoms with E-state index in [1.54, 1.807) is 0 Å². The molecule has 6 heteroatoms. The van der Waals surface area contributed by atoms with E-state index in [2.05, 4.69) is 5.32 Å². The third kappa shape index (κ3) is 3.14. The molecule has 20 heavy (non-hydrogen) atoms. The van der Waals surface area contributed by atoms with E-state index in [1.807, 2.05) is 0 Å². The number of nitrogens with two attached hydrogens (primary N) is 1. The van der Waals surface area contributed by atoms with Crippen LogP contribution in [0.15, 0.2) is 18.2 Å². The van der Waals surface area contributed by atoms with Gasteiger partial charge in [0, 0.05) is 6.04 Å². The molecule has 1 aliphatic rings. The predicted molar refractivity (Wildman–Crippen MR) is 71.9 cm³/mol. The summed E-state index contributed by atoms with van der Waals surface area (Å²) in [6, 6.07) is 2.96. The van der Waals surface area contributed by atoms with Gasteiger partial charge in [-0.15, -0.1) is 0 Å². The number of carbonyl (C=O) groups is 2. The van der Waals surface area contributed by atoms with Gasteiger partial charge in [-0.05, 0) is 31.0 Å².